The molecule has 1 aromatic heterocycles. The average Bonchev–Trinajstić information content (AvgIpc) is 2.80. The molecule has 0 spiro atoms. The van der Waals surface area contributed by atoms with Crippen molar-refractivity contribution in [3.63, 3.8) is 0 Å². The predicted molar refractivity (Wildman–Crippen MR) is 85.4 cm³/mol. The number of nitrogens with one attached hydrogen (secondary N) is 1. The molecule has 1 aliphatic heterocycles. The third-order valence-corrected chi connectivity index (χ3v) is 3.60. The van der Waals surface area contributed by atoms with Crippen LogP contribution in [0.15, 0.2) is 35.3 Å². The number of anilines is 1. The van der Waals surface area contributed by atoms with Crippen molar-refractivity contribution in [3.8, 4) is 0 Å². The van der Waals surface area contributed by atoms with E-state index in [1.165, 1.54) is 5.56 Å². The smallest absolute Gasteiger partial charge is 0.231 e. The van der Waals surface area contributed by atoms with E-state index in [1.54, 1.807) is 4.68 Å². The molecule has 0 atom stereocenters. The van der Waals surface area contributed by atoms with Gasteiger partial charge in [-0.2, -0.15) is 0 Å². The normalized spacial score (nSPS) is 14.0. The van der Waals surface area contributed by atoms with E-state index in [0.717, 1.165) is 25.0 Å². The lowest BCUT2D eigenvalue weighted by molar-refractivity contribution is -0.115. The minimum atomic E-state index is -0.0470. The molecule has 0 radical (unpaired) electrons. The lowest BCUT2D eigenvalue weighted by Crippen LogP contribution is -2.17. The third-order valence-electron chi connectivity index (χ3n) is 3.60. The summed E-state index contributed by atoms with van der Waals surface area (Å²) in [4.78, 5) is 16.5. The first kappa shape index (κ1) is 14.4. The molecule has 0 unspecified atom stereocenters. The summed E-state index contributed by atoms with van der Waals surface area (Å²) in [6.45, 7) is 2.73. The Kier molecular flexibility index (Phi) is 4.27. The number of hydrogen-bond donors (Lipinski definition) is 1. The van der Waals surface area contributed by atoms with Crippen molar-refractivity contribution in [2.75, 3.05) is 5.32 Å². The maximum absolute atomic E-state index is 12.0. The van der Waals surface area contributed by atoms with Crippen LogP contribution < -0.4 is 5.32 Å². The van der Waals surface area contributed by atoms with E-state index in [9.17, 15) is 4.79 Å². The molecule has 0 saturated carbocycles. The van der Waals surface area contributed by atoms with Gasteiger partial charge in [-0.15, -0.1) is 5.10 Å². The maximum atomic E-state index is 12.0. The Morgan fingerprint density at radius 1 is 1.23 bits per heavy atom. The molecule has 1 N–H and O–H groups in total. The van der Waals surface area contributed by atoms with Gasteiger partial charge in [-0.3, -0.25) is 4.79 Å². The summed E-state index contributed by atoms with van der Waals surface area (Å²) in [5.41, 5.74) is 2.09. The van der Waals surface area contributed by atoms with E-state index in [1.807, 2.05) is 18.2 Å². The molecule has 2 heterocycles. The predicted octanol–water partition coefficient (Wildman–Crippen LogP) is 2.74. The second kappa shape index (κ2) is 6.51. The quantitative estimate of drug-likeness (QED) is 0.922. The first-order valence-corrected chi connectivity index (χ1v) is 7.60. The van der Waals surface area contributed by atoms with Crippen molar-refractivity contribution >= 4 is 23.3 Å². The van der Waals surface area contributed by atoms with Crippen LogP contribution in [0.4, 0.5) is 11.6 Å². The van der Waals surface area contributed by atoms with Crippen LogP contribution in [0.5, 0.6) is 0 Å². The van der Waals surface area contributed by atoms with Crippen LogP contribution in [0, 0.1) is 0 Å². The van der Waals surface area contributed by atoms with Crippen LogP contribution in [0.3, 0.4) is 0 Å². The lowest BCUT2D eigenvalue weighted by Gasteiger charge is -2.06. The first-order valence-electron chi connectivity index (χ1n) is 7.60. The Labute approximate surface area is 129 Å². The SMILES string of the molecule is CCCC1=Nc2nnn(CCc3ccccc3)c2NC(=O)C1. The summed E-state index contributed by atoms with van der Waals surface area (Å²) in [7, 11) is 0. The standard InChI is InChI=1S/C16H19N5O/c1-2-6-13-11-14(22)18-16-15(17-13)19-20-21(16)10-9-12-7-4-3-5-8-12/h3-5,7-8H,2,6,9-11H2,1H3,(H,18,22). The second-order valence-electron chi connectivity index (χ2n) is 5.37. The second-order valence-corrected chi connectivity index (χ2v) is 5.37. The fourth-order valence-corrected chi connectivity index (χ4v) is 2.52. The number of aryl methyl sites for hydroxylation is 2. The monoisotopic (exact) mass is 297 g/mol. The third kappa shape index (κ3) is 3.21. The fraction of sp³-hybridized carbons (Fsp3) is 0.375. The number of carbonyl (C=O) groups is 1. The topological polar surface area (TPSA) is 72.2 Å². The molecule has 1 aromatic carbocycles. The van der Waals surface area contributed by atoms with E-state index in [-0.39, 0.29) is 5.91 Å². The molecule has 6 heteroatoms. The van der Waals surface area contributed by atoms with Gasteiger partial charge in [-0.05, 0) is 18.4 Å². The van der Waals surface area contributed by atoms with Crippen LogP contribution >= 0.6 is 0 Å². The number of nitrogens with zero attached hydrogens (tertiary/aromatic N) is 4. The molecule has 0 aliphatic carbocycles. The molecule has 0 fully saturated rings. The van der Waals surface area contributed by atoms with Gasteiger partial charge in [0, 0.05) is 12.3 Å². The first-order chi connectivity index (χ1) is 10.8. The number of amides is 1. The Hall–Kier alpha value is -2.50. The van der Waals surface area contributed by atoms with E-state index >= 15 is 0 Å². The van der Waals surface area contributed by atoms with Crippen LogP contribution in [-0.4, -0.2) is 26.6 Å². The largest absolute Gasteiger partial charge is 0.307 e. The molecule has 2 aromatic rings. The number of aliphatic imine (C=N–C) groups is 1. The van der Waals surface area contributed by atoms with E-state index < -0.39 is 0 Å². The molecule has 1 aliphatic rings. The van der Waals surface area contributed by atoms with Crippen LogP contribution in [0.2, 0.25) is 0 Å². The van der Waals surface area contributed by atoms with Crippen molar-refractivity contribution in [2.45, 2.75) is 39.2 Å². The van der Waals surface area contributed by atoms with Crippen molar-refractivity contribution < 1.29 is 4.79 Å². The minimum Gasteiger partial charge on any atom is -0.307 e. The van der Waals surface area contributed by atoms with E-state index in [0.29, 0.717) is 24.6 Å². The van der Waals surface area contributed by atoms with Crippen molar-refractivity contribution in [3.05, 3.63) is 35.9 Å². The number of hydrogen-bond acceptors (Lipinski definition) is 4. The molecule has 3 rings (SSSR count). The van der Waals surface area contributed by atoms with Crippen molar-refractivity contribution in [2.24, 2.45) is 4.99 Å². The van der Waals surface area contributed by atoms with Gasteiger partial charge in [0.05, 0.1) is 6.42 Å². The summed E-state index contributed by atoms with van der Waals surface area (Å²) >= 11 is 0. The number of rotatable bonds is 5. The lowest BCUT2D eigenvalue weighted by atomic mass is 10.1. The van der Waals surface area contributed by atoms with Gasteiger partial charge >= 0.3 is 0 Å². The van der Waals surface area contributed by atoms with Gasteiger partial charge < -0.3 is 5.32 Å². The van der Waals surface area contributed by atoms with Crippen LogP contribution in [0.25, 0.3) is 0 Å². The molecule has 0 saturated heterocycles. The summed E-state index contributed by atoms with van der Waals surface area (Å²) in [5, 5.41) is 11.1. The van der Waals surface area contributed by atoms with Gasteiger partial charge in [0.15, 0.2) is 5.82 Å². The van der Waals surface area contributed by atoms with Gasteiger partial charge in [0.25, 0.3) is 0 Å². The Morgan fingerprint density at radius 2 is 2.05 bits per heavy atom. The zero-order valence-corrected chi connectivity index (χ0v) is 12.6. The Balaban J connectivity index is 1.80. The van der Waals surface area contributed by atoms with Gasteiger partial charge in [-0.25, -0.2) is 9.67 Å². The summed E-state index contributed by atoms with van der Waals surface area (Å²) in [6, 6.07) is 10.2. The summed E-state index contributed by atoms with van der Waals surface area (Å²) in [6.07, 6.45) is 2.94. The molecule has 22 heavy (non-hydrogen) atoms. The summed E-state index contributed by atoms with van der Waals surface area (Å²) in [5.74, 6) is 1.07. The zero-order valence-electron chi connectivity index (χ0n) is 12.6. The summed E-state index contributed by atoms with van der Waals surface area (Å²) < 4.78 is 1.72. The number of fused-ring (bicyclic) bond motifs is 1. The highest BCUT2D eigenvalue weighted by molar-refractivity contribution is 6.09. The molecule has 6 nitrogen and oxygen atoms in total. The van der Waals surface area contributed by atoms with Crippen molar-refractivity contribution in [1.29, 1.82) is 0 Å². The molecule has 0 bridgehead atoms. The average molecular weight is 297 g/mol. The van der Waals surface area contributed by atoms with Crippen LogP contribution in [-0.2, 0) is 17.8 Å². The highest BCUT2D eigenvalue weighted by Crippen LogP contribution is 2.26. The minimum absolute atomic E-state index is 0.0470. The molecular formula is C16H19N5O. The number of carbonyl (C=O) groups excluding carboxylic acids is 1. The number of aromatic nitrogens is 3. The van der Waals surface area contributed by atoms with Gasteiger partial charge in [0.2, 0.25) is 11.7 Å². The number of benzene rings is 1. The fourth-order valence-electron chi connectivity index (χ4n) is 2.52. The van der Waals surface area contributed by atoms with Crippen LogP contribution in [0.1, 0.15) is 31.7 Å². The van der Waals surface area contributed by atoms with Gasteiger partial charge in [0.1, 0.15) is 0 Å². The Bertz CT molecular complexity index is 690. The van der Waals surface area contributed by atoms with Crippen molar-refractivity contribution in [1.82, 2.24) is 15.0 Å². The zero-order chi connectivity index (χ0) is 15.4. The van der Waals surface area contributed by atoms with Gasteiger partial charge in [-0.1, -0.05) is 48.9 Å². The van der Waals surface area contributed by atoms with E-state index in [4.69, 9.17) is 0 Å². The van der Waals surface area contributed by atoms with E-state index in [2.05, 4.69) is 39.7 Å². The highest BCUT2D eigenvalue weighted by Gasteiger charge is 2.20. The Morgan fingerprint density at radius 3 is 2.82 bits per heavy atom. The molecular weight excluding hydrogens is 278 g/mol. The maximum Gasteiger partial charge on any atom is 0.231 e. The molecule has 114 valence electrons. The highest BCUT2D eigenvalue weighted by atomic mass is 16.1. The molecule has 1 amide bonds.